The number of carbonyl (C=O) groups is 2. The number of hydrogen-bond acceptors (Lipinski definition) is 10. The molecule has 1 amide bonds. The zero-order valence-electron chi connectivity index (χ0n) is 23.9. The molecule has 0 atom stereocenters. The van der Waals surface area contributed by atoms with Crippen LogP contribution in [0.4, 0.5) is 18.0 Å². The van der Waals surface area contributed by atoms with Gasteiger partial charge in [-0.25, -0.2) is 22.6 Å². The minimum Gasteiger partial charge on any atom is -0.569 e. The summed E-state index contributed by atoms with van der Waals surface area (Å²) in [5.41, 5.74) is 0.492. The molecule has 0 saturated heterocycles. The first-order valence-electron chi connectivity index (χ1n) is 12.8. The van der Waals surface area contributed by atoms with Crippen molar-refractivity contribution < 1.29 is 50.5 Å². The lowest BCUT2D eigenvalue weighted by molar-refractivity contribution is -0.706. The van der Waals surface area contributed by atoms with E-state index in [-0.39, 0.29) is 27.8 Å². The van der Waals surface area contributed by atoms with Crippen LogP contribution in [0.5, 0.6) is 0 Å². The number of hydrogen-bond donors (Lipinski definition) is 1. The highest BCUT2D eigenvalue weighted by atomic mass is 32.2. The molecule has 1 N–H and O–H groups in total. The second-order valence-electron chi connectivity index (χ2n) is 9.51. The largest absolute Gasteiger partial charge is 0.569 e. The van der Waals surface area contributed by atoms with Crippen LogP contribution >= 0.6 is 0 Å². The van der Waals surface area contributed by atoms with Gasteiger partial charge in [-0.2, -0.15) is 18.3 Å². The molecule has 0 fully saturated rings. The lowest BCUT2D eigenvalue weighted by atomic mass is 10.1. The summed E-state index contributed by atoms with van der Waals surface area (Å²) in [6.45, 7) is 3.79. The summed E-state index contributed by atoms with van der Waals surface area (Å²) in [5.74, 6) is -0.952. The molecule has 0 bridgehead atoms. The maximum Gasteiger partial charge on any atom is 0.435 e. The fraction of sp³-hybridized carbons (Fsp3) is 0.346. The second kappa shape index (κ2) is 14.1. The number of nitrogens with one attached hydrogen (secondary N) is 1. The number of aryl methyl sites for hydroxylation is 1. The highest BCUT2D eigenvalue weighted by Crippen LogP contribution is 2.33. The molecular weight excluding hydrogens is 613 g/mol. The van der Waals surface area contributed by atoms with Crippen molar-refractivity contribution in [3.63, 3.8) is 0 Å². The predicted molar refractivity (Wildman–Crippen MR) is 146 cm³/mol. The highest BCUT2D eigenvalue weighted by molar-refractivity contribution is 7.90. The Balaban J connectivity index is 1.61. The van der Waals surface area contributed by atoms with Crippen molar-refractivity contribution in [2.75, 3.05) is 27.0 Å². The van der Waals surface area contributed by atoms with Crippen LogP contribution in [0.3, 0.4) is 0 Å². The number of rotatable bonds is 12. The second-order valence-corrected chi connectivity index (χ2v) is 11.2. The zero-order chi connectivity index (χ0) is 32.7. The number of nitrogens with zero attached hydrogens (tertiary/aromatic N) is 5. The van der Waals surface area contributed by atoms with Gasteiger partial charge < -0.3 is 19.5 Å². The maximum absolute atomic E-state index is 13.4. The Morgan fingerprint density at radius 3 is 2.34 bits per heavy atom. The molecule has 0 radical (unpaired) electrons. The number of halogens is 3. The molecular formula is C26H29F3N6O8S. The Kier molecular flexibility index (Phi) is 10.8. The fourth-order valence-electron chi connectivity index (χ4n) is 3.35. The molecule has 44 heavy (non-hydrogen) atoms. The van der Waals surface area contributed by atoms with Gasteiger partial charge in [-0.15, -0.1) is 5.01 Å². The van der Waals surface area contributed by atoms with Gasteiger partial charge in [-0.3, -0.25) is 4.79 Å². The molecule has 0 aliphatic heterocycles. The van der Waals surface area contributed by atoms with Crippen molar-refractivity contribution in [3.05, 3.63) is 71.1 Å². The molecule has 0 unspecified atom stereocenters. The van der Waals surface area contributed by atoms with Gasteiger partial charge in [0.1, 0.15) is 13.2 Å². The molecule has 14 nitrogen and oxygen atoms in total. The molecule has 3 rings (SSSR count). The molecule has 3 aromatic rings. The van der Waals surface area contributed by atoms with E-state index in [0.717, 1.165) is 33.5 Å². The van der Waals surface area contributed by atoms with Crippen LogP contribution in [0.1, 0.15) is 25.1 Å². The first-order chi connectivity index (χ1) is 20.6. The number of sulfonamides is 1. The maximum atomic E-state index is 13.4. The number of amides is 1. The van der Waals surface area contributed by atoms with Crippen molar-refractivity contribution in [1.29, 1.82) is 0 Å². The van der Waals surface area contributed by atoms with E-state index < -0.39 is 53.3 Å². The van der Waals surface area contributed by atoms with Crippen molar-refractivity contribution in [2.45, 2.75) is 31.8 Å². The summed E-state index contributed by atoms with van der Waals surface area (Å²) in [7, 11) is -3.17. The number of carbonyl (C=O) groups excluding carboxylic acids is 2. The summed E-state index contributed by atoms with van der Waals surface area (Å²) < 4.78 is 77.9. The van der Waals surface area contributed by atoms with Gasteiger partial charge in [0, 0.05) is 5.56 Å². The minimum atomic E-state index is -4.72. The molecule has 1 heterocycles. The average molecular weight is 643 g/mol. The molecule has 1 aromatic heterocycles. The van der Waals surface area contributed by atoms with E-state index in [0.29, 0.717) is 5.56 Å². The molecule has 0 spiro atoms. The van der Waals surface area contributed by atoms with E-state index in [4.69, 9.17) is 4.74 Å². The zero-order valence-corrected chi connectivity index (χ0v) is 24.8. The number of benzene rings is 2. The van der Waals surface area contributed by atoms with Gasteiger partial charge in [0.05, 0.1) is 34.2 Å². The Hall–Kier alpha value is -4.87. The third-order valence-corrected chi connectivity index (χ3v) is 7.08. The lowest BCUT2D eigenvalue weighted by Crippen LogP contribution is -2.35. The summed E-state index contributed by atoms with van der Waals surface area (Å²) in [4.78, 5) is 27.6. The molecule has 2 aromatic carbocycles. The number of hydrazine groups is 1. The summed E-state index contributed by atoms with van der Waals surface area (Å²) >= 11 is 0. The first kappa shape index (κ1) is 33.6. The lowest BCUT2D eigenvalue weighted by Gasteiger charge is -2.13. The Morgan fingerprint density at radius 2 is 1.75 bits per heavy atom. The average Bonchev–Trinajstić information content (AvgIpc) is 3.41. The van der Waals surface area contributed by atoms with Gasteiger partial charge in [0.25, 0.3) is 16.8 Å². The van der Waals surface area contributed by atoms with Crippen molar-refractivity contribution in [3.8, 4) is 16.9 Å². The van der Waals surface area contributed by atoms with E-state index in [1.54, 1.807) is 42.8 Å². The molecule has 18 heteroatoms. The van der Waals surface area contributed by atoms with Gasteiger partial charge in [-0.05, 0) is 37.3 Å². The predicted octanol–water partition coefficient (Wildman–Crippen LogP) is 4.18. The molecule has 0 aliphatic carbocycles. The first-order valence-corrected chi connectivity index (χ1v) is 14.3. The van der Waals surface area contributed by atoms with E-state index in [1.807, 2.05) is 6.92 Å². The van der Waals surface area contributed by atoms with Crippen LogP contribution in [0.15, 0.2) is 64.8 Å². The molecule has 0 aliphatic rings. The van der Waals surface area contributed by atoms with Crippen molar-refractivity contribution in [2.24, 2.45) is 11.2 Å². The third-order valence-electron chi connectivity index (χ3n) is 5.75. The summed E-state index contributed by atoms with van der Waals surface area (Å²) in [5, 5.41) is 19.5. The Morgan fingerprint density at radius 1 is 1.11 bits per heavy atom. The third kappa shape index (κ3) is 9.06. The minimum absolute atomic E-state index is 0.00964. The number of esters is 1. The number of likely N-dealkylation sites (N-methyl/N-ethyl adjacent to an activating group) is 1. The van der Waals surface area contributed by atoms with Crippen LogP contribution in [-0.2, 0) is 35.3 Å². The van der Waals surface area contributed by atoms with Crippen molar-refractivity contribution >= 4 is 22.1 Å². The van der Waals surface area contributed by atoms with Crippen LogP contribution in [-0.4, -0.2) is 67.2 Å². The van der Waals surface area contributed by atoms with Crippen LogP contribution < -0.4 is 4.72 Å². The van der Waals surface area contributed by atoms with Crippen LogP contribution in [0.25, 0.3) is 16.9 Å². The quantitative estimate of drug-likeness (QED) is 0.0756. The van der Waals surface area contributed by atoms with E-state index in [1.165, 1.54) is 19.2 Å². The number of ether oxygens (including phenoxy) is 2. The standard InChI is InChI=1S/C26H29F3N6O8S/c1-17(2)24(36)42-16-43-32-35(38)33(4)13-14-41-25(37)31-44(39,40)21-11-9-20(10-12-21)34-22(15-23(30-34)26(27,28)29)19-7-5-18(3)6-8-19/h5-12,15,17H,13-14,16H2,1-4H3,(H,31,37)/b35-32-. The highest BCUT2D eigenvalue weighted by Gasteiger charge is 2.35. The van der Waals surface area contributed by atoms with Gasteiger partial charge in [0.2, 0.25) is 5.28 Å². The monoisotopic (exact) mass is 642 g/mol. The Bertz CT molecular complexity index is 1590. The van der Waals surface area contributed by atoms with Crippen LogP contribution in [0, 0.1) is 18.0 Å². The summed E-state index contributed by atoms with van der Waals surface area (Å²) in [6.07, 6.45) is -6.07. The normalized spacial score (nSPS) is 12.1. The Labute approximate surface area is 250 Å². The molecule has 238 valence electrons. The summed E-state index contributed by atoms with van der Waals surface area (Å²) in [6, 6.07) is 12.3. The van der Waals surface area contributed by atoms with E-state index in [9.17, 15) is 36.4 Å². The number of aromatic nitrogens is 2. The van der Waals surface area contributed by atoms with E-state index >= 15 is 0 Å². The number of alkyl halides is 3. The van der Waals surface area contributed by atoms with Gasteiger partial charge in [0.15, 0.2) is 5.69 Å². The van der Waals surface area contributed by atoms with Gasteiger partial charge in [-0.1, -0.05) is 43.7 Å². The topological polar surface area (TPSA) is 167 Å². The smallest absolute Gasteiger partial charge is 0.435 e. The SMILES string of the molecule is Cc1ccc(-c2cc(C(F)(F)F)nn2-c2ccc(S(=O)(=O)NC(=O)OCCN(C)/[N+]([O-])=N/OCOC(=O)C(C)C)cc2)cc1. The molecule has 0 saturated carbocycles. The van der Waals surface area contributed by atoms with Gasteiger partial charge >= 0.3 is 18.2 Å². The van der Waals surface area contributed by atoms with E-state index in [2.05, 4.69) is 20.0 Å². The van der Waals surface area contributed by atoms with Crippen LogP contribution in [0.2, 0.25) is 0 Å². The fourth-order valence-corrected chi connectivity index (χ4v) is 4.24. The van der Waals surface area contributed by atoms with Crippen molar-refractivity contribution in [1.82, 2.24) is 19.5 Å².